The molecular formula is C9H12O6. The van der Waals surface area contributed by atoms with Crippen LogP contribution in [0.2, 0.25) is 0 Å². The van der Waals surface area contributed by atoms with Gasteiger partial charge in [0.05, 0.1) is 0 Å². The third-order valence-electron chi connectivity index (χ3n) is 2.83. The van der Waals surface area contributed by atoms with Gasteiger partial charge < -0.3 is 24.1 Å². The highest BCUT2D eigenvalue weighted by molar-refractivity contribution is 5.78. The van der Waals surface area contributed by atoms with Crippen molar-refractivity contribution >= 4 is 5.97 Å². The fourth-order valence-electron chi connectivity index (χ4n) is 2.23. The lowest BCUT2D eigenvalue weighted by molar-refractivity contribution is -0.214. The highest BCUT2D eigenvalue weighted by Gasteiger charge is 2.62. The van der Waals surface area contributed by atoms with Crippen LogP contribution >= 0.6 is 0 Å². The molecule has 3 fully saturated rings. The number of carbonyl (C=O) groups is 1. The van der Waals surface area contributed by atoms with Crippen LogP contribution in [0.4, 0.5) is 0 Å². The number of ether oxygens (including phenoxy) is 4. The van der Waals surface area contributed by atoms with Crippen molar-refractivity contribution in [3.05, 3.63) is 0 Å². The van der Waals surface area contributed by atoms with Crippen molar-refractivity contribution in [3.63, 3.8) is 0 Å². The van der Waals surface area contributed by atoms with Crippen LogP contribution in [0.25, 0.3) is 0 Å². The molecule has 3 aliphatic heterocycles. The Morgan fingerprint density at radius 1 is 1.20 bits per heavy atom. The summed E-state index contributed by atoms with van der Waals surface area (Å²) in [5, 5.41) is 9.44. The second-order valence-corrected chi connectivity index (χ2v) is 4.42. The van der Waals surface area contributed by atoms with Gasteiger partial charge in [-0.15, -0.1) is 0 Å². The van der Waals surface area contributed by atoms with Crippen LogP contribution in [0, 0.1) is 0 Å². The molecule has 0 aromatic rings. The maximum absolute atomic E-state index is 11.1. The van der Waals surface area contributed by atoms with Crippen LogP contribution in [-0.4, -0.2) is 47.6 Å². The Morgan fingerprint density at radius 2 is 1.93 bits per heavy atom. The fourth-order valence-corrected chi connectivity index (χ4v) is 2.23. The van der Waals surface area contributed by atoms with Crippen molar-refractivity contribution in [2.45, 2.75) is 50.3 Å². The molecule has 0 aliphatic carbocycles. The molecule has 6 heteroatoms. The zero-order chi connectivity index (χ0) is 10.8. The third kappa shape index (κ3) is 1.22. The Labute approximate surface area is 86.1 Å². The Hall–Kier alpha value is -0.690. The normalized spacial score (nSPS) is 51.4. The van der Waals surface area contributed by atoms with Crippen LogP contribution < -0.4 is 0 Å². The number of aliphatic hydroxyl groups excluding tert-OH is 1. The van der Waals surface area contributed by atoms with Crippen LogP contribution in [0.1, 0.15) is 13.8 Å². The molecule has 0 bridgehead atoms. The molecule has 0 aromatic carbocycles. The van der Waals surface area contributed by atoms with Crippen molar-refractivity contribution in [2.24, 2.45) is 0 Å². The molecule has 0 aromatic heterocycles. The molecule has 0 amide bonds. The second-order valence-electron chi connectivity index (χ2n) is 4.42. The van der Waals surface area contributed by atoms with E-state index in [4.69, 9.17) is 18.9 Å². The van der Waals surface area contributed by atoms with Gasteiger partial charge in [0.25, 0.3) is 0 Å². The number of hydrogen-bond acceptors (Lipinski definition) is 6. The molecule has 6 nitrogen and oxygen atoms in total. The Morgan fingerprint density at radius 3 is 2.67 bits per heavy atom. The number of esters is 1. The van der Waals surface area contributed by atoms with Gasteiger partial charge in [0, 0.05) is 0 Å². The molecule has 0 saturated carbocycles. The minimum absolute atomic E-state index is 0.439. The van der Waals surface area contributed by atoms with Gasteiger partial charge in [-0.25, -0.2) is 4.79 Å². The summed E-state index contributed by atoms with van der Waals surface area (Å²) in [4.78, 5) is 11.1. The zero-order valence-corrected chi connectivity index (χ0v) is 8.38. The smallest absolute Gasteiger partial charge is 0.338 e. The predicted octanol–water partition coefficient (Wildman–Crippen LogP) is -0.851. The first kappa shape index (κ1) is 9.53. The lowest BCUT2D eigenvalue weighted by atomic mass is 10.1. The monoisotopic (exact) mass is 216 g/mol. The molecule has 3 heterocycles. The Kier molecular flexibility index (Phi) is 1.72. The number of carbonyl (C=O) groups excluding carboxylic acids is 1. The first-order valence-electron chi connectivity index (χ1n) is 4.88. The summed E-state index contributed by atoms with van der Waals surface area (Å²) in [5.74, 6) is -1.39. The van der Waals surface area contributed by atoms with Gasteiger partial charge in [-0.05, 0) is 13.8 Å². The van der Waals surface area contributed by atoms with E-state index in [0.29, 0.717) is 0 Å². The number of fused-ring (bicyclic) bond motifs is 3. The van der Waals surface area contributed by atoms with Gasteiger partial charge in [-0.3, -0.25) is 0 Å². The molecule has 84 valence electrons. The fraction of sp³-hybridized carbons (Fsp3) is 0.889. The average molecular weight is 216 g/mol. The van der Waals surface area contributed by atoms with Gasteiger partial charge in [-0.2, -0.15) is 0 Å². The zero-order valence-electron chi connectivity index (χ0n) is 8.38. The number of hydrogen-bond donors (Lipinski definition) is 1. The summed E-state index contributed by atoms with van der Waals surface area (Å²) in [6, 6.07) is 0. The standard InChI is InChI=1S/C9H12O6/c1-9(2)14-6-5-4(13-8(6)15-9)3(10)7(11)12-5/h3-6,8,10H,1-2H3/t3-,4-,5+,6+,8-/m0/s1. The van der Waals surface area contributed by atoms with Crippen LogP contribution in [0.3, 0.4) is 0 Å². The maximum Gasteiger partial charge on any atom is 0.338 e. The van der Waals surface area contributed by atoms with Gasteiger partial charge in [0.15, 0.2) is 30.4 Å². The van der Waals surface area contributed by atoms with Crippen molar-refractivity contribution in [1.29, 1.82) is 0 Å². The van der Waals surface area contributed by atoms with E-state index in [1.807, 2.05) is 0 Å². The summed E-state index contributed by atoms with van der Waals surface area (Å²) < 4.78 is 21.4. The summed E-state index contributed by atoms with van der Waals surface area (Å²) in [6.45, 7) is 3.52. The molecule has 15 heavy (non-hydrogen) atoms. The first-order chi connectivity index (χ1) is 6.98. The molecule has 5 atom stereocenters. The lowest BCUT2D eigenvalue weighted by Gasteiger charge is -2.20. The van der Waals surface area contributed by atoms with Gasteiger partial charge >= 0.3 is 5.97 Å². The maximum atomic E-state index is 11.1. The number of aliphatic hydroxyl groups is 1. The Bertz CT molecular complexity index is 314. The third-order valence-corrected chi connectivity index (χ3v) is 2.83. The SMILES string of the molecule is CC1(C)O[C@@H]2O[C@@H]3[C@@H](OC(=O)[C@H]3O)[C@H]2O1. The minimum Gasteiger partial charge on any atom is -0.454 e. The molecule has 3 rings (SSSR count). The molecule has 0 unspecified atom stereocenters. The quantitative estimate of drug-likeness (QED) is 0.532. The highest BCUT2D eigenvalue weighted by Crippen LogP contribution is 2.42. The van der Waals surface area contributed by atoms with Crippen molar-refractivity contribution in [2.75, 3.05) is 0 Å². The lowest BCUT2D eigenvalue weighted by Crippen LogP contribution is -2.35. The van der Waals surface area contributed by atoms with Gasteiger partial charge in [0.2, 0.25) is 0 Å². The van der Waals surface area contributed by atoms with E-state index >= 15 is 0 Å². The van der Waals surface area contributed by atoms with Crippen molar-refractivity contribution < 1.29 is 28.8 Å². The molecule has 1 N–H and O–H groups in total. The molecule has 3 saturated heterocycles. The second kappa shape index (κ2) is 2.70. The average Bonchev–Trinajstić information content (AvgIpc) is 2.66. The van der Waals surface area contributed by atoms with Gasteiger partial charge in [0.1, 0.15) is 6.10 Å². The molecular weight excluding hydrogens is 204 g/mol. The summed E-state index contributed by atoms with van der Waals surface area (Å²) in [7, 11) is 0. The van der Waals surface area contributed by atoms with E-state index < -0.39 is 42.5 Å². The molecule has 0 radical (unpaired) electrons. The summed E-state index contributed by atoms with van der Waals surface area (Å²) in [5.41, 5.74) is 0. The molecule has 3 aliphatic rings. The first-order valence-corrected chi connectivity index (χ1v) is 4.88. The number of rotatable bonds is 0. The van der Waals surface area contributed by atoms with E-state index in [9.17, 15) is 9.90 Å². The predicted molar refractivity (Wildman–Crippen MR) is 44.6 cm³/mol. The van der Waals surface area contributed by atoms with E-state index in [2.05, 4.69) is 0 Å². The summed E-state index contributed by atoms with van der Waals surface area (Å²) >= 11 is 0. The molecule has 0 spiro atoms. The van der Waals surface area contributed by atoms with E-state index in [-0.39, 0.29) is 0 Å². The van der Waals surface area contributed by atoms with E-state index in [1.165, 1.54) is 0 Å². The van der Waals surface area contributed by atoms with Crippen LogP contribution in [0.15, 0.2) is 0 Å². The summed E-state index contributed by atoms with van der Waals surface area (Å²) in [6.07, 6.45) is -3.44. The van der Waals surface area contributed by atoms with Crippen LogP contribution in [0.5, 0.6) is 0 Å². The van der Waals surface area contributed by atoms with E-state index in [0.717, 1.165) is 0 Å². The Balaban J connectivity index is 1.83. The largest absolute Gasteiger partial charge is 0.454 e. The highest BCUT2D eigenvalue weighted by atomic mass is 16.8. The minimum atomic E-state index is -1.23. The van der Waals surface area contributed by atoms with Crippen molar-refractivity contribution in [1.82, 2.24) is 0 Å². The van der Waals surface area contributed by atoms with Crippen LogP contribution in [-0.2, 0) is 23.7 Å². The van der Waals surface area contributed by atoms with Gasteiger partial charge in [-0.1, -0.05) is 0 Å². The van der Waals surface area contributed by atoms with Crippen molar-refractivity contribution in [3.8, 4) is 0 Å². The topological polar surface area (TPSA) is 74.2 Å². The van der Waals surface area contributed by atoms with E-state index in [1.54, 1.807) is 13.8 Å².